The van der Waals surface area contributed by atoms with Crippen LogP contribution >= 0.6 is 0 Å². The molecule has 12 heavy (non-hydrogen) atoms. The van der Waals surface area contributed by atoms with Crippen molar-refractivity contribution in [2.45, 2.75) is 12.1 Å². The Morgan fingerprint density at radius 1 is 1.33 bits per heavy atom. The van der Waals surface area contributed by atoms with Crippen molar-refractivity contribution in [2.75, 3.05) is 34.0 Å². The average Bonchev–Trinajstić information content (AvgIpc) is 2.16. The van der Waals surface area contributed by atoms with Crippen LogP contribution < -0.4 is 0 Å². The second kappa shape index (κ2) is 5.66. The molecule has 0 aromatic rings. The Hall–Kier alpha value is 0.0569. The molecule has 0 saturated carbocycles. The van der Waals surface area contributed by atoms with Crippen molar-refractivity contribution in [3.8, 4) is 0 Å². The lowest BCUT2D eigenvalue weighted by Crippen LogP contribution is -2.34. The Morgan fingerprint density at radius 2 is 2.08 bits per heavy atom. The largest absolute Gasteiger partial charge is 0.400 e. The van der Waals surface area contributed by atoms with Crippen LogP contribution in [0.4, 0.5) is 0 Å². The summed E-state index contributed by atoms with van der Waals surface area (Å²) in [7, 11) is 1.90. The van der Waals surface area contributed by atoms with Gasteiger partial charge < -0.3 is 18.3 Å². The molecular weight excluding hydrogens is 176 g/mol. The maximum absolute atomic E-state index is 5.46. The van der Waals surface area contributed by atoms with E-state index >= 15 is 0 Å². The third-order valence-corrected chi connectivity index (χ3v) is 3.83. The maximum Gasteiger partial charge on any atom is 0.323 e. The minimum atomic E-state index is -1.47. The van der Waals surface area contributed by atoms with E-state index in [-0.39, 0.29) is 6.10 Å². The summed E-state index contributed by atoms with van der Waals surface area (Å²) in [5.74, 6) is 0. The molecule has 0 radical (unpaired) electrons. The minimum absolute atomic E-state index is 0.176. The number of hydrogen-bond acceptors (Lipinski definition) is 4. The molecule has 0 N–H and O–H groups in total. The van der Waals surface area contributed by atoms with E-state index in [0.29, 0.717) is 19.8 Å². The van der Waals surface area contributed by atoms with Crippen LogP contribution in [0.15, 0.2) is 0 Å². The molecule has 1 saturated heterocycles. The average molecular weight is 192 g/mol. The van der Waals surface area contributed by atoms with E-state index in [1.807, 2.05) is 0 Å². The van der Waals surface area contributed by atoms with Gasteiger partial charge in [-0.15, -0.1) is 0 Å². The van der Waals surface area contributed by atoms with Gasteiger partial charge in [-0.1, -0.05) is 0 Å². The van der Waals surface area contributed by atoms with Crippen molar-refractivity contribution < 1.29 is 18.3 Å². The van der Waals surface area contributed by atoms with E-state index in [0.717, 1.165) is 6.04 Å². The summed E-state index contributed by atoms with van der Waals surface area (Å²) in [4.78, 5) is 0. The second-order valence-corrected chi connectivity index (χ2v) is 4.98. The normalized spacial score (nSPS) is 24.8. The molecule has 1 aliphatic heterocycles. The Labute approximate surface area is 74.6 Å². The van der Waals surface area contributed by atoms with Gasteiger partial charge in [-0.3, -0.25) is 0 Å². The van der Waals surface area contributed by atoms with Crippen LogP contribution in [0.1, 0.15) is 0 Å². The molecule has 72 valence electrons. The molecule has 1 fully saturated rings. The first-order chi connectivity index (χ1) is 5.86. The predicted molar refractivity (Wildman–Crippen MR) is 46.5 cm³/mol. The molecule has 0 aromatic heterocycles. The fourth-order valence-electron chi connectivity index (χ4n) is 1.18. The highest BCUT2D eigenvalue weighted by molar-refractivity contribution is 6.44. The first-order valence-corrected chi connectivity index (χ1v) is 5.87. The summed E-state index contributed by atoms with van der Waals surface area (Å²) in [6.07, 6.45) is 0.176. The molecular formula is C7H16O4Si. The second-order valence-electron chi connectivity index (χ2n) is 2.70. The van der Waals surface area contributed by atoms with Crippen LogP contribution in [0.5, 0.6) is 0 Å². The van der Waals surface area contributed by atoms with Gasteiger partial charge in [0.25, 0.3) is 0 Å². The maximum atomic E-state index is 5.46. The van der Waals surface area contributed by atoms with Crippen LogP contribution in [0.2, 0.25) is 6.04 Å². The fraction of sp³-hybridized carbons (Fsp3) is 1.00. The Balaban J connectivity index is 2.18. The van der Waals surface area contributed by atoms with Gasteiger partial charge >= 0.3 is 9.28 Å². The highest BCUT2D eigenvalue weighted by Gasteiger charge is 2.21. The molecule has 0 aromatic carbocycles. The zero-order valence-electron chi connectivity index (χ0n) is 7.62. The summed E-state index contributed by atoms with van der Waals surface area (Å²) in [6, 6.07) is 0.868. The third kappa shape index (κ3) is 3.20. The molecule has 0 bridgehead atoms. The number of hydrogen-bond donors (Lipinski definition) is 0. The Bertz CT molecular complexity index is 112. The Kier molecular flexibility index (Phi) is 4.78. The summed E-state index contributed by atoms with van der Waals surface area (Å²) < 4.78 is 21.1. The molecule has 0 spiro atoms. The molecule has 1 rings (SSSR count). The quantitative estimate of drug-likeness (QED) is 0.584. The van der Waals surface area contributed by atoms with Gasteiger partial charge in [0.1, 0.15) is 0 Å². The van der Waals surface area contributed by atoms with E-state index in [1.54, 1.807) is 14.2 Å². The van der Waals surface area contributed by atoms with Crippen LogP contribution in [0.3, 0.4) is 0 Å². The predicted octanol–water partition coefficient (Wildman–Crippen LogP) is -0.0849. The standard InChI is InChI=1S/C7H16O4Si/c1-8-12(9-2)6-7-5-10-3-4-11-7/h7,12H,3-6H2,1-2H3. The van der Waals surface area contributed by atoms with Crippen molar-refractivity contribution in [3.63, 3.8) is 0 Å². The zero-order chi connectivity index (χ0) is 8.81. The summed E-state index contributed by atoms with van der Waals surface area (Å²) in [6.45, 7) is 2.08. The van der Waals surface area contributed by atoms with E-state index in [9.17, 15) is 0 Å². The first-order valence-electron chi connectivity index (χ1n) is 4.11. The van der Waals surface area contributed by atoms with Gasteiger partial charge in [0, 0.05) is 20.3 Å². The highest BCUT2D eigenvalue weighted by Crippen LogP contribution is 2.09. The van der Waals surface area contributed by atoms with Gasteiger partial charge in [-0.2, -0.15) is 0 Å². The van der Waals surface area contributed by atoms with Crippen molar-refractivity contribution in [2.24, 2.45) is 0 Å². The monoisotopic (exact) mass is 192 g/mol. The van der Waals surface area contributed by atoms with Gasteiger partial charge in [0.2, 0.25) is 0 Å². The third-order valence-electron chi connectivity index (χ3n) is 1.87. The summed E-state index contributed by atoms with van der Waals surface area (Å²) >= 11 is 0. The summed E-state index contributed by atoms with van der Waals surface area (Å²) in [5, 5.41) is 0. The van der Waals surface area contributed by atoms with Gasteiger partial charge in [0.05, 0.1) is 25.9 Å². The smallest absolute Gasteiger partial charge is 0.323 e. The fourth-order valence-corrected chi connectivity index (χ4v) is 2.45. The topological polar surface area (TPSA) is 36.9 Å². The molecule has 1 aliphatic rings. The zero-order valence-corrected chi connectivity index (χ0v) is 8.77. The first kappa shape index (κ1) is 10.1. The lowest BCUT2D eigenvalue weighted by Gasteiger charge is -2.24. The van der Waals surface area contributed by atoms with Crippen LogP contribution in [0.25, 0.3) is 0 Å². The van der Waals surface area contributed by atoms with Crippen LogP contribution in [-0.2, 0) is 18.3 Å². The number of rotatable bonds is 4. The van der Waals surface area contributed by atoms with E-state index in [2.05, 4.69) is 0 Å². The van der Waals surface area contributed by atoms with Crippen molar-refractivity contribution in [1.29, 1.82) is 0 Å². The molecule has 4 nitrogen and oxygen atoms in total. The van der Waals surface area contributed by atoms with Gasteiger partial charge in [-0.05, 0) is 0 Å². The highest BCUT2D eigenvalue weighted by atomic mass is 28.3. The van der Waals surface area contributed by atoms with E-state index < -0.39 is 9.28 Å². The lowest BCUT2D eigenvalue weighted by atomic mass is 10.4. The Morgan fingerprint density at radius 3 is 2.58 bits per heavy atom. The van der Waals surface area contributed by atoms with E-state index in [4.69, 9.17) is 18.3 Å². The minimum Gasteiger partial charge on any atom is -0.400 e. The van der Waals surface area contributed by atoms with Crippen molar-refractivity contribution in [1.82, 2.24) is 0 Å². The van der Waals surface area contributed by atoms with E-state index in [1.165, 1.54) is 0 Å². The molecule has 5 heteroatoms. The van der Waals surface area contributed by atoms with Crippen LogP contribution in [0, 0.1) is 0 Å². The van der Waals surface area contributed by atoms with Gasteiger partial charge in [0.15, 0.2) is 0 Å². The lowest BCUT2D eigenvalue weighted by molar-refractivity contribution is -0.0818. The molecule has 1 unspecified atom stereocenters. The SMILES string of the molecule is CO[SiH](CC1COCCO1)OC. The molecule has 0 amide bonds. The molecule has 1 heterocycles. The van der Waals surface area contributed by atoms with Crippen molar-refractivity contribution >= 4 is 9.28 Å². The van der Waals surface area contributed by atoms with Crippen molar-refractivity contribution in [3.05, 3.63) is 0 Å². The molecule has 0 aliphatic carbocycles. The molecule has 1 atom stereocenters. The van der Waals surface area contributed by atoms with Crippen LogP contribution in [-0.4, -0.2) is 49.4 Å². The van der Waals surface area contributed by atoms with Gasteiger partial charge in [-0.25, -0.2) is 0 Å². The number of ether oxygens (including phenoxy) is 2. The summed E-state index contributed by atoms with van der Waals surface area (Å²) in [5.41, 5.74) is 0.